The van der Waals surface area contributed by atoms with Gasteiger partial charge in [-0.1, -0.05) is 33.2 Å². The first-order chi connectivity index (χ1) is 7.16. The summed E-state index contributed by atoms with van der Waals surface area (Å²) in [5.74, 6) is 1.01. The maximum Gasteiger partial charge on any atom is 0.243 e. The molecule has 2 rings (SSSR count). The summed E-state index contributed by atoms with van der Waals surface area (Å²) in [6.45, 7) is 1.80. The zero-order valence-corrected chi connectivity index (χ0v) is 9.73. The summed E-state index contributed by atoms with van der Waals surface area (Å²) in [5, 5.41) is 3.86. The van der Waals surface area contributed by atoms with Crippen LogP contribution in [-0.4, -0.2) is 10.1 Å². The second-order valence-corrected chi connectivity index (χ2v) is 4.17. The Kier molecular flexibility index (Phi) is 2.83. The number of hydrogen-bond donors (Lipinski definition) is 1. The van der Waals surface area contributed by atoms with E-state index >= 15 is 0 Å². The molecule has 0 fully saturated rings. The van der Waals surface area contributed by atoms with Gasteiger partial charge in [0.2, 0.25) is 11.7 Å². The van der Waals surface area contributed by atoms with Crippen LogP contribution in [0.3, 0.4) is 0 Å². The van der Waals surface area contributed by atoms with Gasteiger partial charge < -0.3 is 10.3 Å². The van der Waals surface area contributed by atoms with Gasteiger partial charge in [0.05, 0.1) is 6.04 Å². The molecule has 0 unspecified atom stereocenters. The molecule has 0 spiro atoms. The van der Waals surface area contributed by atoms with Gasteiger partial charge in [-0.2, -0.15) is 4.98 Å². The van der Waals surface area contributed by atoms with E-state index in [1.54, 1.807) is 6.92 Å². The van der Waals surface area contributed by atoms with Gasteiger partial charge in [0.25, 0.3) is 0 Å². The first-order valence-electron chi connectivity index (χ1n) is 4.52. The molecule has 1 atom stereocenters. The van der Waals surface area contributed by atoms with Crippen LogP contribution < -0.4 is 5.73 Å². The molecule has 1 heterocycles. The molecule has 15 heavy (non-hydrogen) atoms. The van der Waals surface area contributed by atoms with Gasteiger partial charge in [0.1, 0.15) is 0 Å². The Bertz CT molecular complexity index is 467. The molecule has 4 nitrogen and oxygen atoms in total. The van der Waals surface area contributed by atoms with E-state index in [9.17, 15) is 0 Å². The third-order valence-electron chi connectivity index (χ3n) is 1.91. The van der Waals surface area contributed by atoms with Crippen LogP contribution in [0.15, 0.2) is 33.3 Å². The average Bonchev–Trinajstić information content (AvgIpc) is 2.66. The SMILES string of the molecule is C[C@H](N)c1nc(-c2cccc(Br)c2)no1. The predicted octanol–water partition coefficient (Wildman–Crippen LogP) is 2.52. The van der Waals surface area contributed by atoms with Crippen LogP contribution in [0.2, 0.25) is 0 Å². The zero-order valence-electron chi connectivity index (χ0n) is 8.14. The van der Waals surface area contributed by atoms with Gasteiger partial charge in [0.15, 0.2) is 0 Å². The van der Waals surface area contributed by atoms with Gasteiger partial charge in [-0.25, -0.2) is 0 Å². The van der Waals surface area contributed by atoms with E-state index in [2.05, 4.69) is 26.1 Å². The van der Waals surface area contributed by atoms with Crippen molar-refractivity contribution in [3.63, 3.8) is 0 Å². The molecule has 0 radical (unpaired) electrons. The predicted molar refractivity (Wildman–Crippen MR) is 60.0 cm³/mol. The molecule has 1 aromatic carbocycles. The minimum atomic E-state index is -0.238. The Labute approximate surface area is 95.6 Å². The fraction of sp³-hybridized carbons (Fsp3) is 0.200. The lowest BCUT2D eigenvalue weighted by Gasteiger charge is -1.95. The van der Waals surface area contributed by atoms with Crippen LogP contribution in [0.1, 0.15) is 18.9 Å². The van der Waals surface area contributed by atoms with E-state index in [1.165, 1.54) is 0 Å². The van der Waals surface area contributed by atoms with E-state index < -0.39 is 0 Å². The topological polar surface area (TPSA) is 64.9 Å². The standard InChI is InChI=1S/C10H10BrN3O/c1-6(12)10-13-9(14-15-10)7-3-2-4-8(11)5-7/h2-6H,12H2,1H3/t6-/m0/s1. The highest BCUT2D eigenvalue weighted by Crippen LogP contribution is 2.21. The smallest absolute Gasteiger partial charge is 0.243 e. The highest BCUT2D eigenvalue weighted by atomic mass is 79.9. The largest absolute Gasteiger partial charge is 0.337 e. The molecule has 0 aliphatic rings. The van der Waals surface area contributed by atoms with Gasteiger partial charge in [-0.15, -0.1) is 0 Å². The van der Waals surface area contributed by atoms with Crippen molar-refractivity contribution in [3.05, 3.63) is 34.6 Å². The molecule has 0 aliphatic heterocycles. The summed E-state index contributed by atoms with van der Waals surface area (Å²) < 4.78 is 6.00. The van der Waals surface area contributed by atoms with Gasteiger partial charge in [-0.05, 0) is 19.1 Å². The molecule has 0 aliphatic carbocycles. The number of aromatic nitrogens is 2. The number of nitrogens with two attached hydrogens (primary N) is 1. The maximum absolute atomic E-state index is 5.63. The van der Waals surface area contributed by atoms with Crippen LogP contribution in [0.5, 0.6) is 0 Å². The molecule has 0 saturated heterocycles. The molecular weight excluding hydrogens is 258 g/mol. The van der Waals surface area contributed by atoms with Gasteiger partial charge in [0, 0.05) is 10.0 Å². The van der Waals surface area contributed by atoms with Gasteiger partial charge in [-0.3, -0.25) is 0 Å². The first kappa shape index (κ1) is 10.3. The number of nitrogens with zero attached hydrogens (tertiary/aromatic N) is 2. The molecule has 1 aromatic heterocycles. The Morgan fingerprint density at radius 3 is 2.87 bits per heavy atom. The number of rotatable bonds is 2. The number of benzene rings is 1. The maximum atomic E-state index is 5.63. The Hall–Kier alpha value is -1.20. The molecule has 78 valence electrons. The van der Waals surface area contributed by atoms with E-state index in [4.69, 9.17) is 10.3 Å². The van der Waals surface area contributed by atoms with Crippen molar-refractivity contribution in [2.24, 2.45) is 5.73 Å². The first-order valence-corrected chi connectivity index (χ1v) is 5.31. The van der Waals surface area contributed by atoms with Gasteiger partial charge >= 0.3 is 0 Å². The fourth-order valence-electron chi connectivity index (χ4n) is 1.16. The average molecular weight is 268 g/mol. The van der Waals surface area contributed by atoms with Crippen LogP contribution in [0, 0.1) is 0 Å². The lowest BCUT2D eigenvalue weighted by atomic mass is 10.2. The van der Waals surface area contributed by atoms with Crippen LogP contribution in [0.25, 0.3) is 11.4 Å². The molecule has 0 bridgehead atoms. The second kappa shape index (κ2) is 4.12. The van der Waals surface area contributed by atoms with Crippen molar-refractivity contribution in [1.29, 1.82) is 0 Å². The van der Waals surface area contributed by atoms with Crippen molar-refractivity contribution >= 4 is 15.9 Å². The summed E-state index contributed by atoms with van der Waals surface area (Å²) in [4.78, 5) is 4.20. The number of halogens is 1. The van der Waals surface area contributed by atoms with Crippen molar-refractivity contribution in [1.82, 2.24) is 10.1 Å². The van der Waals surface area contributed by atoms with Crippen molar-refractivity contribution in [2.45, 2.75) is 13.0 Å². The highest BCUT2D eigenvalue weighted by Gasteiger charge is 2.11. The Balaban J connectivity index is 2.37. The summed E-state index contributed by atoms with van der Waals surface area (Å²) in [6, 6.07) is 7.46. The van der Waals surface area contributed by atoms with Crippen molar-refractivity contribution in [2.75, 3.05) is 0 Å². The lowest BCUT2D eigenvalue weighted by Crippen LogP contribution is -2.04. The quantitative estimate of drug-likeness (QED) is 0.908. The highest BCUT2D eigenvalue weighted by molar-refractivity contribution is 9.10. The molecule has 2 aromatic rings. The van der Waals surface area contributed by atoms with Crippen molar-refractivity contribution < 1.29 is 4.52 Å². The minimum Gasteiger partial charge on any atom is -0.337 e. The van der Waals surface area contributed by atoms with E-state index in [0.717, 1.165) is 10.0 Å². The molecule has 5 heteroatoms. The summed E-state index contributed by atoms with van der Waals surface area (Å²) in [5.41, 5.74) is 6.53. The normalized spacial score (nSPS) is 12.7. The summed E-state index contributed by atoms with van der Waals surface area (Å²) in [7, 11) is 0. The molecular formula is C10H10BrN3O. The summed E-state index contributed by atoms with van der Waals surface area (Å²) >= 11 is 3.38. The molecule has 2 N–H and O–H groups in total. The minimum absolute atomic E-state index is 0.238. The van der Waals surface area contributed by atoms with E-state index in [0.29, 0.717) is 11.7 Å². The van der Waals surface area contributed by atoms with E-state index in [-0.39, 0.29) is 6.04 Å². The second-order valence-electron chi connectivity index (χ2n) is 3.26. The van der Waals surface area contributed by atoms with Crippen LogP contribution in [0.4, 0.5) is 0 Å². The fourth-order valence-corrected chi connectivity index (χ4v) is 1.56. The molecule has 0 amide bonds. The molecule has 0 saturated carbocycles. The van der Waals surface area contributed by atoms with E-state index in [1.807, 2.05) is 24.3 Å². The lowest BCUT2D eigenvalue weighted by molar-refractivity contribution is 0.362. The zero-order chi connectivity index (χ0) is 10.8. The third kappa shape index (κ3) is 2.24. The monoisotopic (exact) mass is 267 g/mol. The number of hydrogen-bond acceptors (Lipinski definition) is 4. The van der Waals surface area contributed by atoms with Crippen LogP contribution in [-0.2, 0) is 0 Å². The summed E-state index contributed by atoms with van der Waals surface area (Å²) in [6.07, 6.45) is 0. The Morgan fingerprint density at radius 1 is 1.47 bits per heavy atom. The third-order valence-corrected chi connectivity index (χ3v) is 2.41. The Morgan fingerprint density at radius 2 is 2.27 bits per heavy atom. The van der Waals surface area contributed by atoms with Crippen LogP contribution >= 0.6 is 15.9 Å². The van der Waals surface area contributed by atoms with Crippen molar-refractivity contribution in [3.8, 4) is 11.4 Å².